The summed E-state index contributed by atoms with van der Waals surface area (Å²) in [7, 11) is 0. The van der Waals surface area contributed by atoms with Gasteiger partial charge in [-0.3, -0.25) is 4.79 Å². The fourth-order valence-electron chi connectivity index (χ4n) is 2.48. The molecule has 1 atom stereocenters. The van der Waals surface area contributed by atoms with E-state index in [2.05, 4.69) is 0 Å². The number of carbonyl (C=O) groups excluding carboxylic acids is 1. The molecule has 1 heterocycles. The molecular weight excluding hydrogens is 269 g/mol. The maximum atomic E-state index is 12.5. The van der Waals surface area contributed by atoms with Gasteiger partial charge in [0.05, 0.1) is 0 Å². The summed E-state index contributed by atoms with van der Waals surface area (Å²) >= 11 is 11.8. The fourth-order valence-corrected chi connectivity index (χ4v) is 2.92. The molecule has 0 radical (unpaired) electrons. The Balaban J connectivity index is 2.15. The Morgan fingerprint density at radius 1 is 1.39 bits per heavy atom. The van der Waals surface area contributed by atoms with Crippen molar-refractivity contribution in [3.05, 3.63) is 34.9 Å². The van der Waals surface area contributed by atoms with Crippen molar-refractivity contribution in [2.45, 2.75) is 31.7 Å². The first-order chi connectivity index (χ1) is 8.72. The molecule has 18 heavy (non-hydrogen) atoms. The summed E-state index contributed by atoms with van der Waals surface area (Å²) in [6.07, 6.45) is 4.18. The molecule has 1 aromatic rings. The molecule has 1 aliphatic rings. The molecule has 1 fully saturated rings. The van der Waals surface area contributed by atoms with Gasteiger partial charge in [0.1, 0.15) is 0 Å². The van der Waals surface area contributed by atoms with Crippen LogP contribution < -0.4 is 0 Å². The summed E-state index contributed by atoms with van der Waals surface area (Å²) in [5, 5.41) is 0.603. The van der Waals surface area contributed by atoms with Crippen molar-refractivity contribution in [2.75, 3.05) is 12.4 Å². The Hall–Kier alpha value is -0.730. The highest BCUT2D eigenvalue weighted by Gasteiger charge is 2.26. The number of alkyl halides is 1. The number of benzene rings is 1. The predicted molar refractivity (Wildman–Crippen MR) is 75.5 cm³/mol. The van der Waals surface area contributed by atoms with Crippen molar-refractivity contribution in [2.24, 2.45) is 0 Å². The van der Waals surface area contributed by atoms with Gasteiger partial charge < -0.3 is 4.90 Å². The standard InChI is InChI=1S/C14H17Cl2NO/c15-8-7-13-6-1-2-9-17(13)14(18)11-4-3-5-12(16)10-11/h3-5,10,13H,1-2,6-9H2. The van der Waals surface area contributed by atoms with Crippen molar-refractivity contribution in [3.8, 4) is 0 Å². The van der Waals surface area contributed by atoms with Crippen LogP contribution in [0.15, 0.2) is 24.3 Å². The van der Waals surface area contributed by atoms with Crippen molar-refractivity contribution < 1.29 is 4.79 Å². The zero-order chi connectivity index (χ0) is 13.0. The lowest BCUT2D eigenvalue weighted by atomic mass is 9.99. The molecule has 0 bridgehead atoms. The number of hydrogen-bond donors (Lipinski definition) is 0. The van der Waals surface area contributed by atoms with Gasteiger partial charge in [0.2, 0.25) is 0 Å². The smallest absolute Gasteiger partial charge is 0.254 e. The molecule has 0 aromatic heterocycles. The van der Waals surface area contributed by atoms with Crippen LogP contribution in [0.4, 0.5) is 0 Å². The van der Waals surface area contributed by atoms with E-state index in [1.807, 2.05) is 17.0 Å². The number of rotatable bonds is 3. The molecule has 0 spiro atoms. The van der Waals surface area contributed by atoms with Crippen LogP contribution in [0.1, 0.15) is 36.0 Å². The first-order valence-corrected chi connectivity index (χ1v) is 7.26. The molecule has 1 aromatic carbocycles. The molecule has 2 nitrogen and oxygen atoms in total. The molecule has 0 N–H and O–H groups in total. The van der Waals surface area contributed by atoms with E-state index in [0.29, 0.717) is 16.5 Å². The number of carbonyl (C=O) groups is 1. The second-order valence-electron chi connectivity index (χ2n) is 4.64. The summed E-state index contributed by atoms with van der Waals surface area (Å²) in [5.41, 5.74) is 0.670. The molecule has 1 unspecified atom stereocenters. The van der Waals surface area contributed by atoms with Crippen LogP contribution in [0.2, 0.25) is 5.02 Å². The number of hydrogen-bond acceptors (Lipinski definition) is 1. The first-order valence-electron chi connectivity index (χ1n) is 6.35. The van der Waals surface area contributed by atoms with E-state index in [1.165, 1.54) is 6.42 Å². The van der Waals surface area contributed by atoms with Gasteiger partial charge in [0, 0.05) is 29.1 Å². The number of nitrogens with zero attached hydrogens (tertiary/aromatic N) is 1. The van der Waals surface area contributed by atoms with Gasteiger partial charge in [-0.2, -0.15) is 0 Å². The van der Waals surface area contributed by atoms with E-state index in [-0.39, 0.29) is 11.9 Å². The number of likely N-dealkylation sites (tertiary alicyclic amines) is 1. The highest BCUT2D eigenvalue weighted by atomic mass is 35.5. The minimum absolute atomic E-state index is 0.0762. The molecule has 1 saturated heterocycles. The lowest BCUT2D eigenvalue weighted by Crippen LogP contribution is -2.43. The van der Waals surface area contributed by atoms with Crippen molar-refractivity contribution in [1.82, 2.24) is 4.90 Å². The van der Waals surface area contributed by atoms with E-state index < -0.39 is 0 Å². The first kappa shape index (κ1) is 13.7. The SMILES string of the molecule is O=C(c1cccc(Cl)c1)N1CCCCC1CCCl. The second kappa shape index (κ2) is 6.44. The third kappa shape index (κ3) is 3.18. The maximum Gasteiger partial charge on any atom is 0.254 e. The average Bonchev–Trinajstić information content (AvgIpc) is 2.39. The predicted octanol–water partition coefficient (Wildman–Crippen LogP) is 3.96. The lowest BCUT2D eigenvalue weighted by molar-refractivity contribution is 0.0609. The lowest BCUT2D eigenvalue weighted by Gasteiger charge is -2.35. The average molecular weight is 286 g/mol. The largest absolute Gasteiger partial charge is 0.336 e. The monoisotopic (exact) mass is 285 g/mol. The van der Waals surface area contributed by atoms with Crippen LogP contribution in [0.5, 0.6) is 0 Å². The summed E-state index contributed by atoms with van der Waals surface area (Å²) in [5.74, 6) is 0.677. The topological polar surface area (TPSA) is 20.3 Å². The summed E-state index contributed by atoms with van der Waals surface area (Å²) in [4.78, 5) is 14.4. The quantitative estimate of drug-likeness (QED) is 0.770. The Morgan fingerprint density at radius 2 is 2.22 bits per heavy atom. The van der Waals surface area contributed by atoms with Crippen LogP contribution in [-0.2, 0) is 0 Å². The third-order valence-corrected chi connectivity index (χ3v) is 3.86. The zero-order valence-electron chi connectivity index (χ0n) is 10.2. The van der Waals surface area contributed by atoms with Crippen LogP contribution >= 0.6 is 23.2 Å². The molecule has 4 heteroatoms. The highest BCUT2D eigenvalue weighted by molar-refractivity contribution is 6.30. The van der Waals surface area contributed by atoms with Crippen molar-refractivity contribution in [3.63, 3.8) is 0 Å². The van der Waals surface area contributed by atoms with E-state index in [1.54, 1.807) is 12.1 Å². The summed E-state index contributed by atoms with van der Waals surface area (Å²) in [6, 6.07) is 7.43. The number of halogens is 2. The molecule has 1 aliphatic heterocycles. The summed E-state index contributed by atoms with van der Waals surface area (Å²) < 4.78 is 0. The normalized spacial score (nSPS) is 19.9. The van der Waals surface area contributed by atoms with Gasteiger partial charge in [0.25, 0.3) is 5.91 Å². The second-order valence-corrected chi connectivity index (χ2v) is 5.45. The third-order valence-electron chi connectivity index (χ3n) is 3.40. The van der Waals surface area contributed by atoms with Gasteiger partial charge in [0.15, 0.2) is 0 Å². The van der Waals surface area contributed by atoms with E-state index in [0.717, 1.165) is 25.8 Å². The molecule has 0 aliphatic carbocycles. The Labute approximate surface area is 118 Å². The van der Waals surface area contributed by atoms with Crippen molar-refractivity contribution in [1.29, 1.82) is 0 Å². The number of amides is 1. The van der Waals surface area contributed by atoms with Crippen LogP contribution in [-0.4, -0.2) is 29.3 Å². The Bertz CT molecular complexity index is 420. The van der Waals surface area contributed by atoms with E-state index in [4.69, 9.17) is 23.2 Å². The van der Waals surface area contributed by atoms with Crippen LogP contribution in [0.3, 0.4) is 0 Å². The maximum absolute atomic E-state index is 12.5. The van der Waals surface area contributed by atoms with Crippen LogP contribution in [0.25, 0.3) is 0 Å². The van der Waals surface area contributed by atoms with Gasteiger partial charge in [-0.25, -0.2) is 0 Å². The van der Waals surface area contributed by atoms with E-state index >= 15 is 0 Å². The highest BCUT2D eigenvalue weighted by Crippen LogP contribution is 2.23. The Morgan fingerprint density at radius 3 is 2.94 bits per heavy atom. The van der Waals surface area contributed by atoms with Gasteiger partial charge in [-0.15, -0.1) is 11.6 Å². The molecule has 2 rings (SSSR count). The van der Waals surface area contributed by atoms with Crippen LogP contribution in [0, 0.1) is 0 Å². The molecular formula is C14H17Cl2NO. The van der Waals surface area contributed by atoms with Gasteiger partial charge in [-0.1, -0.05) is 17.7 Å². The Kier molecular flexibility index (Phi) is 4.90. The minimum Gasteiger partial charge on any atom is -0.336 e. The van der Waals surface area contributed by atoms with Gasteiger partial charge in [-0.05, 0) is 43.9 Å². The molecule has 98 valence electrons. The summed E-state index contributed by atoms with van der Waals surface area (Å²) in [6.45, 7) is 0.826. The molecule has 0 saturated carbocycles. The van der Waals surface area contributed by atoms with Crippen molar-refractivity contribution >= 4 is 29.1 Å². The number of piperidine rings is 1. The zero-order valence-corrected chi connectivity index (χ0v) is 11.8. The minimum atomic E-state index is 0.0762. The fraction of sp³-hybridized carbons (Fsp3) is 0.500. The van der Waals surface area contributed by atoms with Gasteiger partial charge >= 0.3 is 0 Å². The van der Waals surface area contributed by atoms with E-state index in [9.17, 15) is 4.79 Å². The molecule has 1 amide bonds.